The SMILES string of the molecule is CC1(C)CCC(N2CCc3ccc(Br)cc32)C1. The summed E-state index contributed by atoms with van der Waals surface area (Å²) in [6.45, 7) is 6.03. The van der Waals surface area contributed by atoms with E-state index in [1.165, 1.54) is 48.0 Å². The molecule has 1 aliphatic carbocycles. The van der Waals surface area contributed by atoms with E-state index in [9.17, 15) is 0 Å². The largest absolute Gasteiger partial charge is 0.368 e. The minimum Gasteiger partial charge on any atom is -0.368 e. The van der Waals surface area contributed by atoms with Crippen molar-refractivity contribution in [1.29, 1.82) is 0 Å². The Kier molecular flexibility index (Phi) is 2.73. The van der Waals surface area contributed by atoms with Crippen molar-refractivity contribution in [2.75, 3.05) is 11.4 Å². The topological polar surface area (TPSA) is 3.24 Å². The second kappa shape index (κ2) is 4.01. The van der Waals surface area contributed by atoms with Gasteiger partial charge in [0, 0.05) is 22.7 Å². The van der Waals surface area contributed by atoms with E-state index < -0.39 is 0 Å². The summed E-state index contributed by atoms with van der Waals surface area (Å²) < 4.78 is 1.21. The molecular formula is C15H20BrN. The van der Waals surface area contributed by atoms with Crippen LogP contribution in [0, 0.1) is 5.41 Å². The van der Waals surface area contributed by atoms with E-state index in [-0.39, 0.29) is 0 Å². The third-order valence-corrected chi connectivity index (χ3v) is 4.86. The number of nitrogens with zero attached hydrogens (tertiary/aromatic N) is 1. The van der Waals surface area contributed by atoms with Gasteiger partial charge in [0.15, 0.2) is 0 Å². The Hall–Kier alpha value is -0.500. The van der Waals surface area contributed by atoms with Crippen molar-refractivity contribution < 1.29 is 0 Å². The van der Waals surface area contributed by atoms with Crippen molar-refractivity contribution >= 4 is 21.6 Å². The van der Waals surface area contributed by atoms with Crippen LogP contribution in [0.2, 0.25) is 0 Å². The van der Waals surface area contributed by atoms with Crippen LogP contribution in [0.3, 0.4) is 0 Å². The molecule has 2 heteroatoms. The summed E-state index contributed by atoms with van der Waals surface area (Å²) in [6.07, 6.45) is 5.30. The molecule has 0 N–H and O–H groups in total. The highest BCUT2D eigenvalue weighted by molar-refractivity contribution is 9.10. The third-order valence-electron chi connectivity index (χ3n) is 4.36. The molecule has 1 nitrogen and oxygen atoms in total. The molecule has 1 aliphatic heterocycles. The normalized spacial score (nSPS) is 26.3. The number of fused-ring (bicyclic) bond motifs is 1. The lowest BCUT2D eigenvalue weighted by atomic mass is 9.91. The molecule has 1 saturated carbocycles. The van der Waals surface area contributed by atoms with Crippen LogP contribution in [0.25, 0.3) is 0 Å². The van der Waals surface area contributed by atoms with Gasteiger partial charge < -0.3 is 4.90 Å². The molecule has 1 fully saturated rings. The molecule has 0 spiro atoms. The molecule has 17 heavy (non-hydrogen) atoms. The molecule has 1 aromatic carbocycles. The molecular weight excluding hydrogens is 274 g/mol. The highest BCUT2D eigenvalue weighted by Crippen LogP contribution is 2.43. The minimum atomic E-state index is 0.541. The molecule has 1 unspecified atom stereocenters. The molecule has 0 radical (unpaired) electrons. The van der Waals surface area contributed by atoms with Crippen LogP contribution >= 0.6 is 15.9 Å². The van der Waals surface area contributed by atoms with E-state index in [2.05, 4.69) is 52.9 Å². The van der Waals surface area contributed by atoms with E-state index in [0.29, 0.717) is 5.41 Å². The number of anilines is 1. The first-order valence-electron chi connectivity index (χ1n) is 6.60. The zero-order valence-corrected chi connectivity index (χ0v) is 12.3. The summed E-state index contributed by atoms with van der Waals surface area (Å²) in [6, 6.07) is 7.51. The zero-order valence-electron chi connectivity index (χ0n) is 10.7. The van der Waals surface area contributed by atoms with E-state index in [4.69, 9.17) is 0 Å². The molecule has 0 saturated heterocycles. The van der Waals surface area contributed by atoms with Gasteiger partial charge >= 0.3 is 0 Å². The number of rotatable bonds is 1. The van der Waals surface area contributed by atoms with Gasteiger partial charge in [0.1, 0.15) is 0 Å². The second-order valence-electron chi connectivity index (χ2n) is 6.28. The van der Waals surface area contributed by atoms with Gasteiger partial charge in [0.2, 0.25) is 0 Å². The maximum Gasteiger partial charge on any atom is 0.0413 e. The Morgan fingerprint density at radius 2 is 2.18 bits per heavy atom. The van der Waals surface area contributed by atoms with Crippen molar-refractivity contribution in [3.63, 3.8) is 0 Å². The van der Waals surface area contributed by atoms with Crippen molar-refractivity contribution in [1.82, 2.24) is 0 Å². The van der Waals surface area contributed by atoms with Gasteiger partial charge in [-0.05, 0) is 48.8 Å². The van der Waals surface area contributed by atoms with Gasteiger partial charge in [-0.3, -0.25) is 0 Å². The van der Waals surface area contributed by atoms with Crippen LogP contribution in [0.4, 0.5) is 5.69 Å². The van der Waals surface area contributed by atoms with Crippen molar-refractivity contribution in [2.24, 2.45) is 5.41 Å². The van der Waals surface area contributed by atoms with Crippen LogP contribution in [0.1, 0.15) is 38.7 Å². The smallest absolute Gasteiger partial charge is 0.0413 e. The molecule has 1 aromatic rings. The van der Waals surface area contributed by atoms with E-state index >= 15 is 0 Å². The van der Waals surface area contributed by atoms with Gasteiger partial charge in [0.25, 0.3) is 0 Å². The Morgan fingerprint density at radius 1 is 1.35 bits per heavy atom. The molecule has 0 bridgehead atoms. The summed E-state index contributed by atoms with van der Waals surface area (Å²) in [5, 5.41) is 0. The molecule has 0 aromatic heterocycles. The van der Waals surface area contributed by atoms with Crippen LogP contribution < -0.4 is 4.90 Å². The first-order valence-corrected chi connectivity index (χ1v) is 7.40. The fraction of sp³-hybridized carbons (Fsp3) is 0.600. The maximum absolute atomic E-state index is 3.60. The Morgan fingerprint density at radius 3 is 2.88 bits per heavy atom. The summed E-state index contributed by atoms with van der Waals surface area (Å²) in [5.41, 5.74) is 3.54. The summed E-state index contributed by atoms with van der Waals surface area (Å²) in [7, 11) is 0. The average Bonchev–Trinajstić information content (AvgIpc) is 2.81. The first kappa shape index (κ1) is 11.6. The predicted molar refractivity (Wildman–Crippen MR) is 76.6 cm³/mol. The van der Waals surface area contributed by atoms with Crippen molar-refractivity contribution in [3.8, 4) is 0 Å². The molecule has 3 rings (SSSR count). The minimum absolute atomic E-state index is 0.541. The maximum atomic E-state index is 3.60. The second-order valence-corrected chi connectivity index (χ2v) is 7.19. The summed E-state index contributed by atoms with van der Waals surface area (Å²) in [4.78, 5) is 2.65. The Bertz CT molecular complexity index is 439. The van der Waals surface area contributed by atoms with Crippen molar-refractivity contribution in [2.45, 2.75) is 45.6 Å². The van der Waals surface area contributed by atoms with Crippen molar-refractivity contribution in [3.05, 3.63) is 28.2 Å². The van der Waals surface area contributed by atoms with E-state index in [1.54, 1.807) is 0 Å². The average molecular weight is 294 g/mol. The molecule has 1 atom stereocenters. The number of hydrogen-bond acceptors (Lipinski definition) is 1. The highest BCUT2D eigenvalue weighted by Gasteiger charge is 2.36. The number of halogens is 1. The standard InChI is InChI=1S/C15H20BrN/c1-15(2)7-5-13(10-15)17-8-6-11-3-4-12(16)9-14(11)17/h3-4,9,13H,5-8,10H2,1-2H3. The highest BCUT2D eigenvalue weighted by atomic mass is 79.9. The lowest BCUT2D eigenvalue weighted by Crippen LogP contribution is -2.32. The summed E-state index contributed by atoms with van der Waals surface area (Å²) >= 11 is 3.60. The quantitative estimate of drug-likeness (QED) is 0.742. The summed E-state index contributed by atoms with van der Waals surface area (Å²) in [5.74, 6) is 0. The van der Waals surface area contributed by atoms with Crippen LogP contribution in [-0.4, -0.2) is 12.6 Å². The van der Waals surface area contributed by atoms with E-state index in [0.717, 1.165) is 6.04 Å². The fourth-order valence-electron chi connectivity index (χ4n) is 3.42. The molecule has 2 aliphatic rings. The number of hydrogen-bond donors (Lipinski definition) is 0. The van der Waals surface area contributed by atoms with Gasteiger partial charge in [0.05, 0.1) is 0 Å². The van der Waals surface area contributed by atoms with Gasteiger partial charge in [-0.15, -0.1) is 0 Å². The lowest BCUT2D eigenvalue weighted by molar-refractivity contribution is 0.373. The van der Waals surface area contributed by atoms with E-state index in [1.807, 2.05) is 0 Å². The third kappa shape index (κ3) is 2.12. The van der Waals surface area contributed by atoms with Crippen LogP contribution in [0.5, 0.6) is 0 Å². The van der Waals surface area contributed by atoms with Crippen LogP contribution in [0.15, 0.2) is 22.7 Å². The molecule has 1 heterocycles. The Balaban J connectivity index is 1.86. The molecule has 0 amide bonds. The zero-order chi connectivity index (χ0) is 12.0. The van der Waals surface area contributed by atoms with Gasteiger partial charge in [-0.1, -0.05) is 35.8 Å². The van der Waals surface area contributed by atoms with Gasteiger partial charge in [-0.2, -0.15) is 0 Å². The van der Waals surface area contributed by atoms with Gasteiger partial charge in [-0.25, -0.2) is 0 Å². The molecule has 92 valence electrons. The Labute approximate surface area is 112 Å². The van der Waals surface area contributed by atoms with Crippen LogP contribution in [-0.2, 0) is 6.42 Å². The first-order chi connectivity index (χ1) is 8.05. The predicted octanol–water partition coefficient (Wildman–Crippen LogP) is 4.39. The lowest BCUT2D eigenvalue weighted by Gasteiger charge is -2.28. The number of benzene rings is 1. The monoisotopic (exact) mass is 293 g/mol. The fourth-order valence-corrected chi connectivity index (χ4v) is 3.77.